The van der Waals surface area contributed by atoms with Gasteiger partial charge in [-0.2, -0.15) is 4.40 Å². The summed E-state index contributed by atoms with van der Waals surface area (Å²) in [4.78, 5) is 15.8. The Morgan fingerprint density at radius 2 is 1.91 bits per heavy atom. The topological polar surface area (TPSA) is 82.0 Å². The SMILES string of the molecule is CC.Cc1ccc2c(c1)S(=O)N=C(C1=C(O)[C@@H]3CCC[C@@H]3N(Cc3ccc(F)cc3)C1=O)N2. The number of hydrogen-bond acceptors (Lipinski definition) is 4. The number of amides is 1. The molecule has 2 aromatic carbocycles. The molecule has 6 nitrogen and oxygen atoms in total. The van der Waals surface area contributed by atoms with Crippen LogP contribution < -0.4 is 5.32 Å². The van der Waals surface area contributed by atoms with E-state index in [0.29, 0.717) is 17.1 Å². The summed E-state index contributed by atoms with van der Waals surface area (Å²) in [6.45, 7) is 6.21. The first-order valence-corrected chi connectivity index (χ1v) is 12.4. The van der Waals surface area contributed by atoms with Crippen LogP contribution in [0.1, 0.15) is 44.2 Å². The number of aryl methyl sites for hydroxylation is 1. The zero-order chi connectivity index (χ0) is 23.7. The number of aliphatic hydroxyl groups excluding tert-OH is 1. The lowest BCUT2D eigenvalue weighted by atomic mass is 9.89. The van der Waals surface area contributed by atoms with Crippen molar-refractivity contribution in [2.45, 2.75) is 57.5 Å². The zero-order valence-electron chi connectivity index (χ0n) is 19.0. The minimum Gasteiger partial charge on any atom is -0.511 e. The maximum Gasteiger partial charge on any atom is 0.261 e. The molecule has 2 aliphatic heterocycles. The quantitative estimate of drug-likeness (QED) is 0.661. The molecule has 1 unspecified atom stereocenters. The Labute approximate surface area is 195 Å². The molecule has 0 radical (unpaired) electrons. The van der Waals surface area contributed by atoms with Crippen LogP contribution in [0.25, 0.3) is 0 Å². The highest BCUT2D eigenvalue weighted by Crippen LogP contribution is 2.41. The van der Waals surface area contributed by atoms with Gasteiger partial charge in [0.15, 0.2) is 16.8 Å². The first-order chi connectivity index (χ1) is 15.9. The van der Waals surface area contributed by atoms with Crippen molar-refractivity contribution in [1.82, 2.24) is 4.90 Å². The van der Waals surface area contributed by atoms with Gasteiger partial charge in [0, 0.05) is 18.5 Å². The van der Waals surface area contributed by atoms with Gasteiger partial charge >= 0.3 is 0 Å². The Morgan fingerprint density at radius 1 is 1.18 bits per heavy atom. The number of nitrogens with zero attached hydrogens (tertiary/aromatic N) is 2. The molecular formula is C25H28FN3O3S. The average molecular weight is 470 g/mol. The van der Waals surface area contributed by atoms with Gasteiger partial charge in [-0.3, -0.25) is 4.79 Å². The molecule has 0 spiro atoms. The number of fused-ring (bicyclic) bond motifs is 2. The van der Waals surface area contributed by atoms with E-state index in [9.17, 15) is 18.5 Å². The predicted molar refractivity (Wildman–Crippen MR) is 128 cm³/mol. The summed E-state index contributed by atoms with van der Waals surface area (Å²) in [6, 6.07) is 11.4. The molecule has 1 saturated carbocycles. The third kappa shape index (κ3) is 4.31. The maximum absolute atomic E-state index is 13.5. The number of nitrogens with one attached hydrogen (secondary N) is 1. The lowest BCUT2D eigenvalue weighted by molar-refractivity contribution is -0.132. The molecule has 3 atom stereocenters. The van der Waals surface area contributed by atoms with Gasteiger partial charge in [0.05, 0.1) is 10.6 Å². The highest BCUT2D eigenvalue weighted by atomic mass is 32.2. The second kappa shape index (κ2) is 9.47. The first kappa shape index (κ1) is 23.2. The number of carbonyl (C=O) groups is 1. The summed E-state index contributed by atoms with van der Waals surface area (Å²) in [7, 11) is -1.68. The number of amidine groups is 1. The zero-order valence-corrected chi connectivity index (χ0v) is 19.8. The fourth-order valence-electron chi connectivity index (χ4n) is 4.69. The van der Waals surface area contributed by atoms with Gasteiger partial charge < -0.3 is 15.3 Å². The molecule has 1 aliphatic carbocycles. The molecule has 5 rings (SSSR count). The number of rotatable bonds is 3. The van der Waals surface area contributed by atoms with Crippen LogP contribution in [-0.4, -0.2) is 32.0 Å². The van der Waals surface area contributed by atoms with Crippen LogP contribution >= 0.6 is 0 Å². The van der Waals surface area contributed by atoms with Crippen molar-refractivity contribution < 1.29 is 18.5 Å². The number of carbonyl (C=O) groups excluding carboxylic acids is 1. The van der Waals surface area contributed by atoms with E-state index in [4.69, 9.17) is 0 Å². The number of aliphatic hydroxyl groups is 1. The maximum atomic E-state index is 13.5. The van der Waals surface area contributed by atoms with E-state index in [2.05, 4.69) is 9.71 Å². The van der Waals surface area contributed by atoms with E-state index in [1.807, 2.05) is 26.8 Å². The van der Waals surface area contributed by atoms with Crippen LogP contribution in [0, 0.1) is 18.7 Å². The van der Waals surface area contributed by atoms with Crippen molar-refractivity contribution in [3.8, 4) is 0 Å². The molecular weight excluding hydrogens is 441 g/mol. The molecule has 0 bridgehead atoms. The van der Waals surface area contributed by atoms with E-state index >= 15 is 0 Å². The highest BCUT2D eigenvalue weighted by molar-refractivity contribution is 7.84. The van der Waals surface area contributed by atoms with Crippen molar-refractivity contribution in [2.75, 3.05) is 5.32 Å². The second-order valence-corrected chi connectivity index (χ2v) is 9.36. The van der Waals surface area contributed by atoms with Crippen LogP contribution in [0.3, 0.4) is 0 Å². The lowest BCUT2D eigenvalue weighted by Gasteiger charge is -2.39. The number of anilines is 1. The minimum atomic E-state index is -1.68. The Kier molecular flexibility index (Phi) is 6.65. The smallest absolute Gasteiger partial charge is 0.261 e. The Balaban J connectivity index is 0.00000126. The summed E-state index contributed by atoms with van der Waals surface area (Å²) in [5, 5.41) is 14.1. The second-order valence-electron chi connectivity index (χ2n) is 8.24. The summed E-state index contributed by atoms with van der Waals surface area (Å²) >= 11 is 0. The van der Waals surface area contributed by atoms with Crippen LogP contribution in [-0.2, 0) is 22.3 Å². The van der Waals surface area contributed by atoms with E-state index in [1.165, 1.54) is 12.1 Å². The third-order valence-corrected chi connectivity index (χ3v) is 7.28. The normalized spacial score (nSPS) is 23.8. The number of benzene rings is 2. The van der Waals surface area contributed by atoms with Crippen molar-refractivity contribution in [2.24, 2.45) is 10.3 Å². The monoisotopic (exact) mass is 469 g/mol. The van der Waals surface area contributed by atoms with Gasteiger partial charge in [0.1, 0.15) is 17.1 Å². The molecule has 1 fully saturated rings. The number of hydrogen-bond donors (Lipinski definition) is 2. The number of halogens is 1. The Morgan fingerprint density at radius 3 is 2.64 bits per heavy atom. The largest absolute Gasteiger partial charge is 0.511 e. The Hall–Kier alpha value is -3.00. The van der Waals surface area contributed by atoms with Gasteiger partial charge in [-0.25, -0.2) is 8.60 Å². The fourth-order valence-corrected chi connectivity index (χ4v) is 5.68. The van der Waals surface area contributed by atoms with Crippen LogP contribution in [0.15, 0.2) is 63.1 Å². The Bertz CT molecular complexity index is 1160. The summed E-state index contributed by atoms with van der Waals surface area (Å²) in [6.07, 6.45) is 2.45. The van der Waals surface area contributed by atoms with Crippen molar-refractivity contribution in [3.63, 3.8) is 0 Å². The van der Waals surface area contributed by atoms with E-state index in [-0.39, 0.29) is 40.9 Å². The van der Waals surface area contributed by atoms with Gasteiger partial charge in [0.2, 0.25) is 0 Å². The van der Waals surface area contributed by atoms with Crippen LogP contribution in [0.2, 0.25) is 0 Å². The van der Waals surface area contributed by atoms with E-state index in [1.54, 1.807) is 29.2 Å². The predicted octanol–water partition coefficient (Wildman–Crippen LogP) is 5.03. The highest BCUT2D eigenvalue weighted by Gasteiger charge is 2.46. The molecule has 33 heavy (non-hydrogen) atoms. The van der Waals surface area contributed by atoms with Crippen molar-refractivity contribution in [1.29, 1.82) is 0 Å². The van der Waals surface area contributed by atoms with Gasteiger partial charge in [-0.1, -0.05) is 38.5 Å². The van der Waals surface area contributed by atoms with Gasteiger partial charge in [-0.15, -0.1) is 0 Å². The molecule has 0 saturated heterocycles. The summed E-state index contributed by atoms with van der Waals surface area (Å²) < 4.78 is 30.3. The molecule has 2 N–H and O–H groups in total. The lowest BCUT2D eigenvalue weighted by Crippen LogP contribution is -2.49. The van der Waals surface area contributed by atoms with Crippen LogP contribution in [0.5, 0.6) is 0 Å². The molecule has 3 aliphatic rings. The molecule has 0 aromatic heterocycles. The third-order valence-electron chi connectivity index (χ3n) is 6.22. The van der Waals surface area contributed by atoms with Gasteiger partial charge in [0.25, 0.3) is 5.91 Å². The fraction of sp³-hybridized carbons (Fsp3) is 0.360. The van der Waals surface area contributed by atoms with Crippen molar-refractivity contribution in [3.05, 3.63) is 70.7 Å². The summed E-state index contributed by atoms with van der Waals surface area (Å²) in [5.74, 6) is -0.731. The molecule has 1 amide bonds. The minimum absolute atomic E-state index is 0.0154. The molecule has 8 heteroatoms. The van der Waals surface area contributed by atoms with E-state index in [0.717, 1.165) is 30.4 Å². The van der Waals surface area contributed by atoms with Crippen molar-refractivity contribution >= 4 is 28.4 Å². The van der Waals surface area contributed by atoms with Gasteiger partial charge in [-0.05, 0) is 55.2 Å². The first-order valence-electron chi connectivity index (χ1n) is 11.3. The molecule has 174 valence electrons. The summed E-state index contributed by atoms with van der Waals surface area (Å²) in [5.41, 5.74) is 2.46. The van der Waals surface area contributed by atoms with E-state index < -0.39 is 11.0 Å². The molecule has 2 heterocycles. The average Bonchev–Trinajstić information content (AvgIpc) is 3.30. The molecule has 2 aromatic rings. The standard InChI is InChI=1S/C23H22FN3O3S.C2H6/c1-13-5-10-17-19(11-13)31(30)26-22(25-17)20-21(28)16-3-2-4-18(16)27(23(20)29)12-14-6-8-15(24)9-7-14;1-2/h5-11,16,18,28H,2-4,12H2,1H3,(H,25,26);1-2H3/t16-,18+,31?;/m1./s1. The van der Waals surface area contributed by atoms with Crippen LogP contribution in [0.4, 0.5) is 10.1 Å².